The van der Waals surface area contributed by atoms with Crippen LogP contribution in [0.3, 0.4) is 0 Å². The van der Waals surface area contributed by atoms with E-state index >= 15 is 0 Å². The first-order valence-corrected chi connectivity index (χ1v) is 21.9. The third-order valence-corrected chi connectivity index (χ3v) is 12.7. The van der Waals surface area contributed by atoms with E-state index in [9.17, 15) is 0 Å². The van der Waals surface area contributed by atoms with E-state index in [0.29, 0.717) is 0 Å². The van der Waals surface area contributed by atoms with Crippen molar-refractivity contribution in [1.82, 2.24) is 0 Å². The van der Waals surface area contributed by atoms with Gasteiger partial charge in [-0.1, -0.05) is 188 Å². The highest BCUT2D eigenvalue weighted by Gasteiger charge is 2.16. The summed E-state index contributed by atoms with van der Waals surface area (Å²) in [6.07, 6.45) is 0. The minimum Gasteiger partial charge on any atom is -0.456 e. The summed E-state index contributed by atoms with van der Waals surface area (Å²) in [4.78, 5) is 2.37. The van der Waals surface area contributed by atoms with Crippen LogP contribution in [0.1, 0.15) is 0 Å². The molecule has 300 valence electrons. The van der Waals surface area contributed by atoms with Gasteiger partial charge >= 0.3 is 0 Å². The van der Waals surface area contributed by atoms with Crippen LogP contribution in [0, 0.1) is 0 Å². The van der Waals surface area contributed by atoms with Gasteiger partial charge in [0.1, 0.15) is 11.2 Å². The number of hydrogen-bond acceptors (Lipinski definition) is 2. The number of fused-ring (bicyclic) bond motifs is 6. The molecule has 1 aromatic heterocycles. The molecule has 0 spiro atoms. The predicted molar refractivity (Wildman–Crippen MR) is 271 cm³/mol. The van der Waals surface area contributed by atoms with Gasteiger partial charge in [-0.25, -0.2) is 0 Å². The van der Waals surface area contributed by atoms with Crippen LogP contribution in [0.15, 0.2) is 253 Å². The molecule has 12 aromatic rings. The number of hydrogen-bond donors (Lipinski definition) is 0. The van der Waals surface area contributed by atoms with Crippen molar-refractivity contribution in [3.05, 3.63) is 249 Å². The second-order valence-electron chi connectivity index (χ2n) is 16.5. The van der Waals surface area contributed by atoms with Gasteiger partial charge in [0.05, 0.1) is 0 Å². The SMILES string of the molecule is c1ccc(-c2ccc(-c3ccc(N(c4ccc(-c5ccc(-c6ccccc6)cc5)cc4)c4ccc5c(ccc6cc(-c7ccc8c(c7)oc7ccccc78)ccc65)c4)cc3)cc2)cc1. The minimum absolute atomic E-state index is 0.911. The fourth-order valence-corrected chi connectivity index (χ4v) is 9.31. The molecule has 0 bridgehead atoms. The molecule has 0 unspecified atom stereocenters. The summed E-state index contributed by atoms with van der Waals surface area (Å²) < 4.78 is 6.24. The van der Waals surface area contributed by atoms with Crippen LogP contribution in [0.4, 0.5) is 17.1 Å². The van der Waals surface area contributed by atoms with Gasteiger partial charge in [0.2, 0.25) is 0 Å². The molecule has 64 heavy (non-hydrogen) atoms. The third kappa shape index (κ3) is 6.88. The highest BCUT2D eigenvalue weighted by Crippen LogP contribution is 2.40. The van der Waals surface area contributed by atoms with Crippen molar-refractivity contribution in [2.24, 2.45) is 0 Å². The van der Waals surface area contributed by atoms with Gasteiger partial charge in [-0.05, 0) is 138 Å². The van der Waals surface area contributed by atoms with E-state index < -0.39 is 0 Å². The Morgan fingerprint density at radius 2 is 0.578 bits per heavy atom. The summed E-state index contributed by atoms with van der Waals surface area (Å²) in [5.74, 6) is 0. The van der Waals surface area contributed by atoms with Crippen molar-refractivity contribution in [2.45, 2.75) is 0 Å². The van der Waals surface area contributed by atoms with Crippen LogP contribution in [-0.4, -0.2) is 0 Å². The zero-order valence-electron chi connectivity index (χ0n) is 35.0. The molecule has 0 fully saturated rings. The Bertz CT molecular complexity index is 3480. The molecule has 1 heterocycles. The summed E-state index contributed by atoms with van der Waals surface area (Å²) in [6.45, 7) is 0. The molecule has 2 heteroatoms. The molecule has 2 nitrogen and oxygen atoms in total. The van der Waals surface area contributed by atoms with Crippen LogP contribution in [0.25, 0.3) is 99.1 Å². The predicted octanol–water partition coefficient (Wildman–Crippen LogP) is 17.7. The van der Waals surface area contributed by atoms with Crippen LogP contribution >= 0.6 is 0 Å². The topological polar surface area (TPSA) is 16.4 Å². The molecule has 0 amide bonds. The summed E-state index contributed by atoms with van der Waals surface area (Å²) in [5.41, 5.74) is 17.0. The molecule has 0 saturated heterocycles. The fraction of sp³-hybridized carbons (Fsp3) is 0. The van der Waals surface area contributed by atoms with Crippen molar-refractivity contribution < 1.29 is 4.42 Å². The Balaban J connectivity index is 0.889. The number of nitrogens with zero attached hydrogens (tertiary/aromatic N) is 1. The number of benzene rings is 11. The van der Waals surface area contributed by atoms with E-state index in [-0.39, 0.29) is 0 Å². The minimum atomic E-state index is 0.911. The Kier molecular flexibility index (Phi) is 9.20. The van der Waals surface area contributed by atoms with Crippen LogP contribution in [0.2, 0.25) is 0 Å². The zero-order chi connectivity index (χ0) is 42.4. The molecule has 12 rings (SSSR count). The van der Waals surface area contributed by atoms with Crippen molar-refractivity contribution in [3.8, 4) is 55.6 Å². The Morgan fingerprint density at radius 1 is 0.219 bits per heavy atom. The lowest BCUT2D eigenvalue weighted by atomic mass is 9.96. The number of rotatable bonds is 8. The number of para-hydroxylation sites is 1. The highest BCUT2D eigenvalue weighted by atomic mass is 16.3. The normalized spacial score (nSPS) is 11.4. The molecule has 0 atom stereocenters. The summed E-state index contributed by atoms with van der Waals surface area (Å²) >= 11 is 0. The smallest absolute Gasteiger partial charge is 0.136 e. The molecule has 0 aliphatic rings. The lowest BCUT2D eigenvalue weighted by molar-refractivity contribution is 0.669. The molecule has 0 aliphatic heterocycles. The van der Waals surface area contributed by atoms with E-state index in [2.05, 4.69) is 241 Å². The van der Waals surface area contributed by atoms with E-state index in [0.717, 1.165) is 44.6 Å². The summed E-state index contributed by atoms with van der Waals surface area (Å²) in [6, 6.07) is 89.7. The standard InChI is InChI=1S/C62H41NO/c1-3-9-42(10-4-1)44-15-19-46(20-16-44)48-25-31-54(32-26-48)63(55-33-27-49(28-34-55)47-21-17-45(18-22-47)43-11-5-2-6-12-43)56-35-38-58-53(40-56)24-23-52-39-50(29-36-57(52)58)51-30-37-60-59-13-7-8-14-61(59)64-62(60)41-51/h1-41H. The van der Waals surface area contributed by atoms with Crippen LogP contribution in [-0.2, 0) is 0 Å². The quantitative estimate of drug-likeness (QED) is 0.142. The number of anilines is 3. The highest BCUT2D eigenvalue weighted by molar-refractivity contribution is 6.10. The maximum absolute atomic E-state index is 6.24. The molecular weight excluding hydrogens is 775 g/mol. The van der Waals surface area contributed by atoms with E-state index in [1.807, 2.05) is 12.1 Å². The molecule has 0 aliphatic carbocycles. The van der Waals surface area contributed by atoms with Crippen molar-refractivity contribution in [3.63, 3.8) is 0 Å². The fourth-order valence-electron chi connectivity index (χ4n) is 9.31. The molecule has 0 radical (unpaired) electrons. The molecule has 0 N–H and O–H groups in total. The molecule has 11 aromatic carbocycles. The first-order valence-electron chi connectivity index (χ1n) is 21.9. The Hall–Kier alpha value is -8.46. The van der Waals surface area contributed by atoms with Gasteiger partial charge in [0, 0.05) is 27.8 Å². The average molecular weight is 816 g/mol. The summed E-state index contributed by atoms with van der Waals surface area (Å²) in [5, 5.41) is 7.15. The van der Waals surface area contributed by atoms with Crippen molar-refractivity contribution >= 4 is 60.5 Å². The van der Waals surface area contributed by atoms with E-state index in [1.54, 1.807) is 0 Å². The first-order chi connectivity index (χ1) is 31.7. The van der Waals surface area contributed by atoms with Crippen LogP contribution in [0.5, 0.6) is 0 Å². The van der Waals surface area contributed by atoms with Gasteiger partial charge in [-0.2, -0.15) is 0 Å². The third-order valence-electron chi connectivity index (χ3n) is 12.7. The van der Waals surface area contributed by atoms with Crippen molar-refractivity contribution in [2.75, 3.05) is 4.90 Å². The maximum Gasteiger partial charge on any atom is 0.136 e. The van der Waals surface area contributed by atoms with Crippen LogP contribution < -0.4 is 4.90 Å². The largest absolute Gasteiger partial charge is 0.456 e. The lowest BCUT2D eigenvalue weighted by Gasteiger charge is -2.26. The van der Waals surface area contributed by atoms with Gasteiger partial charge in [-0.3, -0.25) is 0 Å². The first kappa shape index (κ1) is 37.3. The second kappa shape index (κ2) is 15.8. The second-order valence-corrected chi connectivity index (χ2v) is 16.5. The van der Waals surface area contributed by atoms with Gasteiger partial charge in [0.25, 0.3) is 0 Å². The summed E-state index contributed by atoms with van der Waals surface area (Å²) in [7, 11) is 0. The maximum atomic E-state index is 6.24. The number of furan rings is 1. The Labute approximate surface area is 372 Å². The Morgan fingerprint density at radius 3 is 1.11 bits per heavy atom. The van der Waals surface area contributed by atoms with Gasteiger partial charge in [-0.15, -0.1) is 0 Å². The van der Waals surface area contributed by atoms with Gasteiger partial charge in [0.15, 0.2) is 0 Å². The van der Waals surface area contributed by atoms with E-state index in [4.69, 9.17) is 4.42 Å². The average Bonchev–Trinajstić information content (AvgIpc) is 3.75. The zero-order valence-corrected chi connectivity index (χ0v) is 35.0. The monoisotopic (exact) mass is 815 g/mol. The van der Waals surface area contributed by atoms with E-state index in [1.165, 1.54) is 71.6 Å². The molecular formula is C62H41NO. The lowest BCUT2D eigenvalue weighted by Crippen LogP contribution is -2.09. The van der Waals surface area contributed by atoms with Crippen molar-refractivity contribution in [1.29, 1.82) is 0 Å². The van der Waals surface area contributed by atoms with Gasteiger partial charge < -0.3 is 9.32 Å². The molecule has 0 saturated carbocycles.